The first kappa shape index (κ1) is 25.2. The molecule has 2 aromatic heterocycles. The van der Waals surface area contributed by atoms with Crippen LogP contribution in [0.1, 0.15) is 10.4 Å². The van der Waals surface area contributed by atoms with Crippen LogP contribution in [0.4, 0.5) is 17.1 Å². The van der Waals surface area contributed by atoms with Crippen LogP contribution >= 0.6 is 0 Å². The summed E-state index contributed by atoms with van der Waals surface area (Å²) in [6, 6.07) is 12.9. The van der Waals surface area contributed by atoms with E-state index in [2.05, 4.69) is 30.2 Å². The fourth-order valence-corrected chi connectivity index (χ4v) is 5.00. The number of pyridine rings is 1. The van der Waals surface area contributed by atoms with Gasteiger partial charge in [-0.05, 0) is 36.4 Å². The summed E-state index contributed by atoms with van der Waals surface area (Å²) in [5.74, 6) is 0.0490. The van der Waals surface area contributed by atoms with Crippen LogP contribution in [0.5, 0.6) is 11.5 Å². The van der Waals surface area contributed by atoms with E-state index in [4.69, 9.17) is 4.74 Å². The second-order valence-electron chi connectivity index (χ2n) is 8.49. The Morgan fingerprint density at radius 2 is 1.97 bits per heavy atom. The highest BCUT2D eigenvalue weighted by Crippen LogP contribution is 2.32. The zero-order valence-corrected chi connectivity index (χ0v) is 21.2. The second-order valence-corrected chi connectivity index (χ2v) is 9.71. The van der Waals surface area contributed by atoms with Gasteiger partial charge >= 0.3 is 0 Å². The van der Waals surface area contributed by atoms with Crippen molar-refractivity contribution in [3.05, 3.63) is 76.6 Å². The summed E-state index contributed by atoms with van der Waals surface area (Å²) in [6.45, 7) is 3.27. The van der Waals surface area contributed by atoms with E-state index in [0.29, 0.717) is 11.4 Å². The minimum atomic E-state index is -2.05. The first-order chi connectivity index (χ1) is 18.4. The maximum atomic E-state index is 13.3. The number of ether oxygens (including phenoxy) is 1. The SMILES string of the molecule is CNc1ccc(S(=O)NC(=O)c2ccc(N3CCNCC3)cc2Oc2cnc3[nH]ccc3c2)cc1[N+](=O)[O-]. The van der Waals surface area contributed by atoms with Crippen molar-refractivity contribution >= 4 is 45.0 Å². The number of aromatic nitrogens is 2. The number of fused-ring (bicyclic) bond motifs is 1. The molecule has 38 heavy (non-hydrogen) atoms. The van der Waals surface area contributed by atoms with Crippen molar-refractivity contribution in [2.24, 2.45) is 0 Å². The Balaban J connectivity index is 1.44. The standard InChI is InChI=1S/C25H25N7O5S/c1-26-21-5-3-19(14-22(21)32(34)35)38(36)30-25(33)20-4-2-17(31-10-8-27-9-11-31)13-23(20)37-18-12-16-6-7-28-24(16)29-15-18/h2-7,12-15,26-27H,8-11H2,1H3,(H,28,29)(H,30,33). The highest BCUT2D eigenvalue weighted by Gasteiger charge is 2.22. The molecule has 0 aliphatic carbocycles. The maximum Gasteiger partial charge on any atom is 0.293 e. The molecular formula is C25H25N7O5S. The lowest BCUT2D eigenvalue weighted by Gasteiger charge is -2.30. The van der Waals surface area contributed by atoms with Crippen LogP contribution < -0.4 is 25.0 Å². The van der Waals surface area contributed by atoms with Crippen molar-refractivity contribution in [2.45, 2.75) is 4.90 Å². The van der Waals surface area contributed by atoms with Crippen molar-refractivity contribution in [3.8, 4) is 11.5 Å². The molecule has 12 nitrogen and oxygen atoms in total. The summed E-state index contributed by atoms with van der Waals surface area (Å²) in [5, 5.41) is 18.3. The van der Waals surface area contributed by atoms with E-state index < -0.39 is 21.8 Å². The number of carbonyl (C=O) groups is 1. The summed E-state index contributed by atoms with van der Waals surface area (Å²) in [6.07, 6.45) is 3.33. The summed E-state index contributed by atoms with van der Waals surface area (Å²) in [5.41, 5.74) is 1.78. The summed E-state index contributed by atoms with van der Waals surface area (Å²) in [4.78, 5) is 33.7. The zero-order valence-electron chi connectivity index (χ0n) is 20.4. The lowest BCUT2D eigenvalue weighted by atomic mass is 10.1. The first-order valence-corrected chi connectivity index (χ1v) is 13.0. The number of hydrogen-bond donors (Lipinski definition) is 4. The zero-order chi connectivity index (χ0) is 26.6. The highest BCUT2D eigenvalue weighted by molar-refractivity contribution is 7.83. The van der Waals surface area contributed by atoms with E-state index in [1.54, 1.807) is 37.6 Å². The number of amides is 1. The van der Waals surface area contributed by atoms with Gasteiger partial charge in [-0.1, -0.05) is 0 Å². The molecule has 3 heterocycles. The molecule has 2 aromatic carbocycles. The molecule has 4 N–H and O–H groups in total. The maximum absolute atomic E-state index is 13.3. The second kappa shape index (κ2) is 10.9. The molecule has 1 aliphatic rings. The molecule has 13 heteroatoms. The Bertz CT molecular complexity index is 1530. The van der Waals surface area contributed by atoms with Crippen molar-refractivity contribution < 1.29 is 18.7 Å². The number of nitro benzene ring substituents is 1. The van der Waals surface area contributed by atoms with Gasteiger partial charge in [0.25, 0.3) is 11.6 Å². The predicted molar refractivity (Wildman–Crippen MR) is 144 cm³/mol. The van der Waals surface area contributed by atoms with Gasteiger partial charge in [0.2, 0.25) is 0 Å². The van der Waals surface area contributed by atoms with Crippen LogP contribution in [0.15, 0.2) is 65.8 Å². The van der Waals surface area contributed by atoms with E-state index >= 15 is 0 Å². The van der Waals surface area contributed by atoms with E-state index in [0.717, 1.165) is 37.3 Å². The fraction of sp³-hybridized carbons (Fsp3) is 0.200. The van der Waals surface area contributed by atoms with Crippen LogP contribution in [-0.2, 0) is 11.0 Å². The number of nitrogens with zero attached hydrogens (tertiary/aromatic N) is 3. The number of aromatic amines is 1. The third kappa shape index (κ3) is 5.28. The van der Waals surface area contributed by atoms with Gasteiger partial charge in [0, 0.05) is 62.6 Å². The number of nitro groups is 1. The molecule has 0 saturated carbocycles. The number of rotatable bonds is 8. The topological polar surface area (TPSA) is 155 Å². The third-order valence-electron chi connectivity index (χ3n) is 6.13. The molecule has 1 unspecified atom stereocenters. The summed E-state index contributed by atoms with van der Waals surface area (Å²) in [7, 11) is -0.500. The Hall–Kier alpha value is -4.49. The number of hydrogen-bond acceptors (Lipinski definition) is 9. The number of H-pyrrole nitrogens is 1. The predicted octanol–water partition coefficient (Wildman–Crippen LogP) is 3.17. The molecule has 5 rings (SSSR count). The van der Waals surface area contributed by atoms with Gasteiger partial charge in [-0.25, -0.2) is 9.19 Å². The van der Waals surface area contributed by atoms with Gasteiger partial charge in [-0.2, -0.15) is 0 Å². The molecule has 1 aliphatic heterocycles. The number of anilines is 2. The molecule has 1 amide bonds. The van der Waals surface area contributed by atoms with Gasteiger partial charge in [0.1, 0.15) is 22.8 Å². The van der Waals surface area contributed by atoms with Crippen LogP contribution in [0.25, 0.3) is 11.0 Å². The molecule has 0 spiro atoms. The largest absolute Gasteiger partial charge is 0.455 e. The van der Waals surface area contributed by atoms with Gasteiger partial charge in [-0.3, -0.25) is 19.6 Å². The monoisotopic (exact) mass is 535 g/mol. The average molecular weight is 536 g/mol. The summed E-state index contributed by atoms with van der Waals surface area (Å²) < 4.78 is 21.5. The Kier molecular flexibility index (Phi) is 7.20. The molecule has 1 atom stereocenters. The average Bonchev–Trinajstić information content (AvgIpc) is 3.41. The first-order valence-electron chi connectivity index (χ1n) is 11.8. The van der Waals surface area contributed by atoms with E-state index in [9.17, 15) is 19.1 Å². The lowest BCUT2D eigenvalue weighted by molar-refractivity contribution is -0.384. The van der Waals surface area contributed by atoms with Crippen LogP contribution in [0.3, 0.4) is 0 Å². The molecule has 196 valence electrons. The van der Waals surface area contributed by atoms with E-state index in [-0.39, 0.29) is 27.6 Å². The van der Waals surface area contributed by atoms with Crippen molar-refractivity contribution in [2.75, 3.05) is 43.4 Å². The van der Waals surface area contributed by atoms with Crippen molar-refractivity contribution in [1.82, 2.24) is 20.0 Å². The Morgan fingerprint density at radius 1 is 1.16 bits per heavy atom. The van der Waals surface area contributed by atoms with E-state index in [1.165, 1.54) is 18.2 Å². The number of nitrogens with one attached hydrogen (secondary N) is 4. The van der Waals surface area contributed by atoms with Gasteiger partial charge in [0.15, 0.2) is 11.0 Å². The van der Waals surface area contributed by atoms with Crippen LogP contribution in [0.2, 0.25) is 0 Å². The quantitative estimate of drug-likeness (QED) is 0.197. The van der Waals surface area contributed by atoms with Crippen LogP contribution in [-0.4, -0.2) is 58.2 Å². The smallest absolute Gasteiger partial charge is 0.293 e. The molecule has 1 saturated heterocycles. The molecule has 0 bridgehead atoms. The fourth-order valence-electron chi connectivity index (χ4n) is 4.19. The minimum absolute atomic E-state index is 0.0889. The third-order valence-corrected chi connectivity index (χ3v) is 7.18. The normalized spacial score (nSPS) is 14.2. The Morgan fingerprint density at radius 3 is 2.74 bits per heavy atom. The summed E-state index contributed by atoms with van der Waals surface area (Å²) >= 11 is 0. The molecule has 4 aromatic rings. The molecule has 1 fully saturated rings. The molecule has 0 radical (unpaired) electrons. The van der Waals surface area contributed by atoms with Crippen LogP contribution in [0, 0.1) is 10.1 Å². The van der Waals surface area contributed by atoms with Crippen molar-refractivity contribution in [1.29, 1.82) is 0 Å². The van der Waals surface area contributed by atoms with Crippen molar-refractivity contribution in [3.63, 3.8) is 0 Å². The lowest BCUT2D eigenvalue weighted by Crippen LogP contribution is -2.43. The van der Waals surface area contributed by atoms with E-state index in [1.807, 2.05) is 12.1 Å². The number of carbonyl (C=O) groups excluding carboxylic acids is 1. The van der Waals surface area contributed by atoms with Gasteiger partial charge in [-0.15, -0.1) is 0 Å². The number of piperazine rings is 1. The van der Waals surface area contributed by atoms with Gasteiger partial charge < -0.3 is 25.3 Å². The van der Waals surface area contributed by atoms with Gasteiger partial charge in [0.05, 0.1) is 21.6 Å². The Labute approximate surface area is 220 Å². The minimum Gasteiger partial charge on any atom is -0.455 e. The number of benzene rings is 2. The highest BCUT2D eigenvalue weighted by atomic mass is 32.2. The molecular weight excluding hydrogens is 510 g/mol.